The quantitative estimate of drug-likeness (QED) is 0.158. The number of ketones is 1. The number of benzene rings is 1. The smallest absolute Gasteiger partial charge is 0.334 e. The molecular weight excluding hydrogens is 463 g/mol. The van der Waals surface area contributed by atoms with Crippen molar-refractivity contribution in [2.75, 3.05) is 12.4 Å². The SMILES string of the molecule is CNc1ccc(C(=O)c2c(Cl)ccc(C(NC(C)CC(N)=O)C(O)(O)C(O)(O)O)c2F)cn1. The summed E-state index contributed by atoms with van der Waals surface area (Å²) in [4.78, 5) is 28.1. The van der Waals surface area contributed by atoms with Gasteiger partial charge in [0.05, 0.1) is 16.6 Å². The monoisotopic (exact) mass is 486 g/mol. The predicted octanol–water partition coefficient (Wildman–Crippen LogP) is -0.647. The normalized spacial score (nSPS) is 14.0. The lowest BCUT2D eigenvalue weighted by Gasteiger charge is -2.38. The molecule has 11 nitrogen and oxygen atoms in total. The minimum atomic E-state index is -4.14. The summed E-state index contributed by atoms with van der Waals surface area (Å²) in [6, 6.07) is 1.71. The van der Waals surface area contributed by atoms with Crippen LogP contribution in [0.4, 0.5) is 10.2 Å². The molecule has 1 heterocycles. The molecule has 2 rings (SSSR count). The van der Waals surface area contributed by atoms with E-state index >= 15 is 4.39 Å². The number of carbonyl (C=O) groups excluding carboxylic acids is 2. The van der Waals surface area contributed by atoms with Crippen molar-refractivity contribution < 1.29 is 39.5 Å². The zero-order valence-corrected chi connectivity index (χ0v) is 18.3. The van der Waals surface area contributed by atoms with E-state index in [1.54, 1.807) is 7.05 Å². The average molecular weight is 487 g/mol. The van der Waals surface area contributed by atoms with Crippen LogP contribution in [0.25, 0.3) is 0 Å². The van der Waals surface area contributed by atoms with Gasteiger partial charge in [-0.1, -0.05) is 17.7 Å². The third-order valence-corrected chi connectivity index (χ3v) is 5.11. The van der Waals surface area contributed by atoms with Crippen LogP contribution in [0.15, 0.2) is 30.5 Å². The zero-order valence-electron chi connectivity index (χ0n) is 17.6. The standard InChI is InChI=1S/C20H24ClFN4O7/c1-9(7-13(23)27)26-18(19(29,30)20(31,32)33)11-4-5-12(21)15(16(11)22)17(28)10-3-6-14(24-2)25-8-10/h3-6,8-9,18,26,29-33H,7H2,1-2H3,(H2,23,27)(H,24,25). The minimum absolute atomic E-state index is 0.0429. The lowest BCUT2D eigenvalue weighted by molar-refractivity contribution is -0.454. The summed E-state index contributed by atoms with van der Waals surface area (Å²) in [5.74, 6) is -10.6. The summed E-state index contributed by atoms with van der Waals surface area (Å²) >= 11 is 6.04. The van der Waals surface area contributed by atoms with Crippen molar-refractivity contribution in [1.29, 1.82) is 0 Å². The molecule has 1 aromatic carbocycles. The van der Waals surface area contributed by atoms with Gasteiger partial charge >= 0.3 is 5.97 Å². The number of hydrogen-bond donors (Lipinski definition) is 8. The summed E-state index contributed by atoms with van der Waals surface area (Å²) in [5.41, 5.74) is 3.72. The number of anilines is 1. The highest BCUT2D eigenvalue weighted by molar-refractivity contribution is 6.35. The van der Waals surface area contributed by atoms with E-state index in [9.17, 15) is 35.1 Å². The number of carbonyl (C=O) groups is 2. The number of hydrogen-bond acceptors (Lipinski definition) is 10. The van der Waals surface area contributed by atoms with Gasteiger partial charge in [-0.2, -0.15) is 0 Å². The molecular formula is C20H24ClFN4O7. The number of pyridine rings is 1. The number of aromatic nitrogens is 1. The van der Waals surface area contributed by atoms with E-state index < -0.39 is 52.5 Å². The zero-order chi connectivity index (χ0) is 25.1. The number of nitrogens with one attached hydrogen (secondary N) is 2. The van der Waals surface area contributed by atoms with Crippen molar-refractivity contribution in [2.24, 2.45) is 5.73 Å². The molecule has 2 aromatic rings. The molecule has 0 aliphatic heterocycles. The number of primary amides is 1. The van der Waals surface area contributed by atoms with Gasteiger partial charge in [-0.05, 0) is 25.1 Å². The van der Waals surface area contributed by atoms with Gasteiger partial charge in [-0.3, -0.25) is 9.59 Å². The van der Waals surface area contributed by atoms with Gasteiger partial charge in [0, 0.05) is 36.8 Å². The molecule has 2 unspecified atom stereocenters. The molecule has 0 aliphatic rings. The van der Waals surface area contributed by atoms with Crippen LogP contribution in [-0.4, -0.2) is 67.1 Å². The van der Waals surface area contributed by atoms with E-state index in [1.807, 2.05) is 0 Å². The number of rotatable bonds is 10. The first kappa shape index (κ1) is 26.5. The van der Waals surface area contributed by atoms with E-state index in [1.165, 1.54) is 25.3 Å². The van der Waals surface area contributed by atoms with Gasteiger partial charge in [-0.15, -0.1) is 0 Å². The highest BCUT2D eigenvalue weighted by Crippen LogP contribution is 2.36. The molecule has 0 radical (unpaired) electrons. The summed E-state index contributed by atoms with van der Waals surface area (Å²) in [6.07, 6.45) is 0.802. The molecule has 0 spiro atoms. The van der Waals surface area contributed by atoms with E-state index in [2.05, 4.69) is 15.6 Å². The van der Waals surface area contributed by atoms with E-state index in [0.717, 1.165) is 12.1 Å². The van der Waals surface area contributed by atoms with Crippen LogP contribution in [-0.2, 0) is 4.79 Å². The van der Waals surface area contributed by atoms with E-state index in [0.29, 0.717) is 5.82 Å². The minimum Gasteiger partial charge on any atom is -0.373 e. The number of halogens is 2. The second-order valence-corrected chi connectivity index (χ2v) is 7.78. The van der Waals surface area contributed by atoms with Crippen LogP contribution >= 0.6 is 11.6 Å². The molecule has 1 aromatic heterocycles. The van der Waals surface area contributed by atoms with Crippen molar-refractivity contribution >= 4 is 29.1 Å². The first-order valence-electron chi connectivity index (χ1n) is 9.53. The summed E-state index contributed by atoms with van der Waals surface area (Å²) in [7, 11) is 1.61. The predicted molar refractivity (Wildman–Crippen MR) is 114 cm³/mol. The van der Waals surface area contributed by atoms with Gasteiger partial charge in [0.1, 0.15) is 11.6 Å². The summed E-state index contributed by atoms with van der Waals surface area (Å²) in [5, 5.41) is 53.8. The third-order valence-electron chi connectivity index (χ3n) is 4.80. The topological polar surface area (TPSA) is 198 Å². The second kappa shape index (κ2) is 10.1. The van der Waals surface area contributed by atoms with Crippen molar-refractivity contribution in [3.05, 3.63) is 58.0 Å². The Morgan fingerprint density at radius 3 is 2.30 bits per heavy atom. The van der Waals surface area contributed by atoms with Crippen LogP contribution in [0.2, 0.25) is 5.02 Å². The van der Waals surface area contributed by atoms with Gasteiger partial charge < -0.3 is 41.9 Å². The van der Waals surface area contributed by atoms with Crippen LogP contribution < -0.4 is 16.4 Å². The number of nitrogens with zero attached hydrogens (tertiary/aromatic N) is 1. The van der Waals surface area contributed by atoms with Crippen LogP contribution in [0.3, 0.4) is 0 Å². The maximum atomic E-state index is 15.6. The lowest BCUT2D eigenvalue weighted by atomic mass is 9.91. The molecule has 33 heavy (non-hydrogen) atoms. The molecule has 9 N–H and O–H groups in total. The average Bonchev–Trinajstić information content (AvgIpc) is 2.71. The largest absolute Gasteiger partial charge is 0.373 e. The Labute approximate surface area is 192 Å². The van der Waals surface area contributed by atoms with Crippen LogP contribution in [0.5, 0.6) is 0 Å². The Bertz CT molecular complexity index is 1030. The van der Waals surface area contributed by atoms with Gasteiger partial charge in [-0.25, -0.2) is 9.37 Å². The highest BCUT2D eigenvalue weighted by atomic mass is 35.5. The van der Waals surface area contributed by atoms with Crippen molar-refractivity contribution in [2.45, 2.75) is 37.2 Å². The summed E-state index contributed by atoms with van der Waals surface area (Å²) in [6.45, 7) is 1.36. The van der Waals surface area contributed by atoms with Gasteiger partial charge in [0.15, 0.2) is 5.78 Å². The van der Waals surface area contributed by atoms with E-state index in [4.69, 9.17) is 17.3 Å². The number of nitrogens with two attached hydrogens (primary N) is 1. The molecule has 13 heteroatoms. The summed E-state index contributed by atoms with van der Waals surface area (Å²) < 4.78 is 15.6. The fraction of sp³-hybridized carbons (Fsp3) is 0.350. The molecule has 1 amide bonds. The van der Waals surface area contributed by atoms with Crippen LogP contribution in [0.1, 0.15) is 40.9 Å². The van der Waals surface area contributed by atoms with Crippen molar-refractivity contribution in [3.8, 4) is 0 Å². The molecule has 2 atom stereocenters. The Morgan fingerprint density at radius 1 is 1.18 bits per heavy atom. The fourth-order valence-corrected chi connectivity index (χ4v) is 3.31. The fourth-order valence-electron chi connectivity index (χ4n) is 3.08. The number of amides is 1. The first-order valence-corrected chi connectivity index (χ1v) is 9.91. The Morgan fingerprint density at radius 2 is 1.82 bits per heavy atom. The first-order chi connectivity index (χ1) is 15.2. The maximum absolute atomic E-state index is 15.6. The van der Waals surface area contributed by atoms with Gasteiger partial charge in [0.2, 0.25) is 5.91 Å². The Hall–Kier alpha value is -2.71. The van der Waals surface area contributed by atoms with Crippen molar-refractivity contribution in [1.82, 2.24) is 10.3 Å². The number of aliphatic hydroxyl groups is 5. The molecule has 0 saturated carbocycles. The van der Waals surface area contributed by atoms with Crippen LogP contribution in [0, 0.1) is 5.82 Å². The Kier molecular flexibility index (Phi) is 8.09. The van der Waals surface area contributed by atoms with E-state index in [-0.39, 0.29) is 17.0 Å². The van der Waals surface area contributed by atoms with Crippen molar-refractivity contribution in [3.63, 3.8) is 0 Å². The molecule has 0 saturated heterocycles. The Balaban J connectivity index is 2.62. The second-order valence-electron chi connectivity index (χ2n) is 7.37. The maximum Gasteiger partial charge on any atom is 0.334 e. The molecule has 180 valence electrons. The highest BCUT2D eigenvalue weighted by Gasteiger charge is 2.54. The molecule has 0 aliphatic carbocycles. The lowest BCUT2D eigenvalue weighted by Crippen LogP contribution is -2.62. The van der Waals surface area contributed by atoms with Gasteiger partial charge in [0.25, 0.3) is 5.79 Å². The molecule has 0 bridgehead atoms. The molecule has 0 fully saturated rings. The third kappa shape index (κ3) is 5.81.